The van der Waals surface area contributed by atoms with Crippen molar-refractivity contribution >= 4 is 11.9 Å². The van der Waals surface area contributed by atoms with Crippen molar-refractivity contribution in [2.24, 2.45) is 11.8 Å². The number of aliphatic carboxylic acids is 1. The van der Waals surface area contributed by atoms with Crippen LogP contribution in [0.15, 0.2) is 18.2 Å². The molecule has 1 aromatic rings. The fourth-order valence-corrected chi connectivity index (χ4v) is 2.50. The highest BCUT2D eigenvalue weighted by Gasteiger charge is 2.37. The molecule has 2 unspecified atom stereocenters. The Bertz CT molecular complexity index is 509. The highest BCUT2D eigenvalue weighted by Crippen LogP contribution is 2.25. The summed E-state index contributed by atoms with van der Waals surface area (Å²) < 4.78 is 13.3. The Morgan fingerprint density at radius 3 is 2.53 bits per heavy atom. The first-order valence-electron chi connectivity index (χ1n) is 6.17. The lowest BCUT2D eigenvalue weighted by Gasteiger charge is -2.16. The van der Waals surface area contributed by atoms with Crippen molar-refractivity contribution in [3.8, 4) is 0 Å². The van der Waals surface area contributed by atoms with Gasteiger partial charge in [-0.3, -0.25) is 9.59 Å². The van der Waals surface area contributed by atoms with Gasteiger partial charge < -0.3 is 10.0 Å². The second-order valence-corrected chi connectivity index (χ2v) is 5.15. The Hall–Kier alpha value is -1.91. The number of likely N-dealkylation sites (tertiary alicyclic amines) is 1. The third-order valence-electron chi connectivity index (χ3n) is 3.51. The summed E-state index contributed by atoms with van der Waals surface area (Å²) >= 11 is 0. The molecule has 0 bridgehead atoms. The number of carbonyl (C=O) groups is 2. The first kappa shape index (κ1) is 13.5. The third kappa shape index (κ3) is 2.75. The summed E-state index contributed by atoms with van der Waals surface area (Å²) in [5.74, 6) is -2.28. The van der Waals surface area contributed by atoms with E-state index >= 15 is 0 Å². The van der Waals surface area contributed by atoms with E-state index in [1.165, 1.54) is 17.0 Å². The van der Waals surface area contributed by atoms with Gasteiger partial charge in [0.15, 0.2) is 0 Å². The van der Waals surface area contributed by atoms with Gasteiger partial charge in [0.25, 0.3) is 5.91 Å². The van der Waals surface area contributed by atoms with Crippen LogP contribution in [0, 0.1) is 24.6 Å². The van der Waals surface area contributed by atoms with Gasteiger partial charge >= 0.3 is 5.97 Å². The molecule has 4 nitrogen and oxygen atoms in total. The average molecular weight is 265 g/mol. The molecule has 1 aliphatic rings. The Kier molecular flexibility index (Phi) is 3.55. The lowest BCUT2D eigenvalue weighted by molar-refractivity contribution is -0.142. The molecule has 1 fully saturated rings. The number of rotatable bonds is 2. The summed E-state index contributed by atoms with van der Waals surface area (Å²) in [5, 5.41) is 9.04. The van der Waals surface area contributed by atoms with Gasteiger partial charge in [0.1, 0.15) is 5.82 Å². The molecule has 0 aromatic heterocycles. The van der Waals surface area contributed by atoms with Crippen molar-refractivity contribution in [2.75, 3.05) is 13.1 Å². The second-order valence-electron chi connectivity index (χ2n) is 5.15. The van der Waals surface area contributed by atoms with Gasteiger partial charge in [-0.15, -0.1) is 0 Å². The van der Waals surface area contributed by atoms with Gasteiger partial charge in [-0.05, 0) is 36.6 Å². The Morgan fingerprint density at radius 1 is 1.32 bits per heavy atom. The largest absolute Gasteiger partial charge is 0.481 e. The average Bonchev–Trinajstić information content (AvgIpc) is 2.69. The molecule has 1 amide bonds. The number of amides is 1. The van der Waals surface area contributed by atoms with Crippen LogP contribution in [0.1, 0.15) is 22.8 Å². The van der Waals surface area contributed by atoms with Crippen LogP contribution in [0.5, 0.6) is 0 Å². The standard InChI is InChI=1S/C14H16FNO3/c1-8-3-10(5-11(15)4-8)13(17)16-6-9(2)12(7-16)14(18)19/h3-5,9,12H,6-7H2,1-2H3,(H,18,19). The van der Waals surface area contributed by atoms with Crippen molar-refractivity contribution in [3.63, 3.8) is 0 Å². The first-order chi connectivity index (χ1) is 8.88. The molecule has 5 heteroatoms. The molecule has 2 atom stereocenters. The number of hydrogen-bond acceptors (Lipinski definition) is 2. The third-order valence-corrected chi connectivity index (χ3v) is 3.51. The molecule has 0 saturated carbocycles. The predicted molar refractivity (Wildman–Crippen MR) is 67.3 cm³/mol. The van der Waals surface area contributed by atoms with E-state index in [9.17, 15) is 14.0 Å². The van der Waals surface area contributed by atoms with E-state index in [-0.39, 0.29) is 23.9 Å². The molecule has 1 heterocycles. The number of carboxylic acids is 1. The van der Waals surface area contributed by atoms with Crippen molar-refractivity contribution in [2.45, 2.75) is 13.8 Å². The van der Waals surface area contributed by atoms with E-state index in [1.807, 2.05) is 6.92 Å². The summed E-state index contributed by atoms with van der Waals surface area (Å²) in [6.07, 6.45) is 0. The van der Waals surface area contributed by atoms with E-state index in [4.69, 9.17) is 5.11 Å². The van der Waals surface area contributed by atoms with Crippen LogP contribution in [0.2, 0.25) is 0 Å². The minimum absolute atomic E-state index is 0.0869. The van der Waals surface area contributed by atoms with Crippen LogP contribution < -0.4 is 0 Å². The Balaban J connectivity index is 2.19. The monoisotopic (exact) mass is 265 g/mol. The van der Waals surface area contributed by atoms with E-state index in [1.54, 1.807) is 13.0 Å². The van der Waals surface area contributed by atoms with Crippen molar-refractivity contribution in [1.29, 1.82) is 0 Å². The van der Waals surface area contributed by atoms with Crippen LogP contribution in [0.4, 0.5) is 4.39 Å². The molecule has 1 N–H and O–H groups in total. The molecule has 0 radical (unpaired) electrons. The number of hydrogen-bond donors (Lipinski definition) is 1. The second kappa shape index (κ2) is 4.99. The maximum Gasteiger partial charge on any atom is 0.308 e. The van der Waals surface area contributed by atoms with Crippen LogP contribution >= 0.6 is 0 Å². The lowest BCUT2D eigenvalue weighted by Crippen LogP contribution is -2.30. The molecule has 19 heavy (non-hydrogen) atoms. The van der Waals surface area contributed by atoms with Crippen molar-refractivity contribution in [1.82, 2.24) is 4.90 Å². The summed E-state index contributed by atoms with van der Waals surface area (Å²) in [6, 6.07) is 4.15. The lowest BCUT2D eigenvalue weighted by atomic mass is 9.99. The molecule has 102 valence electrons. The zero-order chi connectivity index (χ0) is 14.2. The number of carbonyl (C=O) groups excluding carboxylic acids is 1. The van der Waals surface area contributed by atoms with Crippen LogP contribution in [0.25, 0.3) is 0 Å². The number of nitrogens with zero attached hydrogens (tertiary/aromatic N) is 1. The van der Waals surface area contributed by atoms with E-state index < -0.39 is 17.7 Å². The van der Waals surface area contributed by atoms with Crippen LogP contribution in [-0.4, -0.2) is 35.0 Å². The van der Waals surface area contributed by atoms with Crippen molar-refractivity contribution < 1.29 is 19.1 Å². The fraction of sp³-hybridized carbons (Fsp3) is 0.429. The molecule has 0 spiro atoms. The molecular weight excluding hydrogens is 249 g/mol. The first-order valence-corrected chi connectivity index (χ1v) is 6.17. The summed E-state index contributed by atoms with van der Waals surface area (Å²) in [5.41, 5.74) is 0.945. The van der Waals surface area contributed by atoms with Gasteiger partial charge in [-0.1, -0.05) is 6.92 Å². The van der Waals surface area contributed by atoms with E-state index in [0.717, 1.165) is 0 Å². The normalized spacial score (nSPS) is 22.6. The maximum absolute atomic E-state index is 13.3. The Labute approximate surface area is 110 Å². The number of carboxylic acid groups (broad SMARTS) is 1. The molecule has 0 aliphatic carbocycles. The van der Waals surface area contributed by atoms with E-state index in [2.05, 4.69) is 0 Å². The highest BCUT2D eigenvalue weighted by atomic mass is 19.1. The zero-order valence-corrected chi connectivity index (χ0v) is 10.9. The van der Waals surface area contributed by atoms with Crippen molar-refractivity contribution in [3.05, 3.63) is 35.1 Å². The van der Waals surface area contributed by atoms with Gasteiger partial charge in [0.05, 0.1) is 5.92 Å². The summed E-state index contributed by atoms with van der Waals surface area (Å²) in [4.78, 5) is 24.7. The van der Waals surface area contributed by atoms with Gasteiger partial charge in [0, 0.05) is 18.7 Å². The fourth-order valence-electron chi connectivity index (χ4n) is 2.50. The van der Waals surface area contributed by atoms with Gasteiger partial charge in [-0.2, -0.15) is 0 Å². The van der Waals surface area contributed by atoms with E-state index in [0.29, 0.717) is 12.1 Å². The highest BCUT2D eigenvalue weighted by molar-refractivity contribution is 5.95. The van der Waals surface area contributed by atoms with Crippen LogP contribution in [0.3, 0.4) is 0 Å². The molecule has 2 rings (SSSR count). The summed E-state index contributed by atoms with van der Waals surface area (Å²) in [6.45, 7) is 4.10. The zero-order valence-electron chi connectivity index (χ0n) is 10.9. The number of benzene rings is 1. The molecule has 1 aliphatic heterocycles. The number of halogens is 1. The quantitative estimate of drug-likeness (QED) is 0.888. The summed E-state index contributed by atoms with van der Waals surface area (Å²) in [7, 11) is 0. The molecule has 1 aromatic carbocycles. The molecule has 1 saturated heterocycles. The van der Waals surface area contributed by atoms with Crippen LogP contribution in [-0.2, 0) is 4.79 Å². The van der Waals surface area contributed by atoms with Gasteiger partial charge in [-0.25, -0.2) is 4.39 Å². The molecular formula is C14H16FNO3. The maximum atomic E-state index is 13.3. The van der Waals surface area contributed by atoms with Gasteiger partial charge in [0.2, 0.25) is 0 Å². The smallest absolute Gasteiger partial charge is 0.308 e. The Morgan fingerprint density at radius 2 is 2.00 bits per heavy atom. The number of aryl methyl sites for hydroxylation is 1. The SMILES string of the molecule is Cc1cc(F)cc(C(=O)N2CC(C)C(C(=O)O)C2)c1. The minimum Gasteiger partial charge on any atom is -0.481 e. The predicted octanol–water partition coefficient (Wildman–Crippen LogP) is 1.93. The topological polar surface area (TPSA) is 57.6 Å². The minimum atomic E-state index is -0.891.